The van der Waals surface area contributed by atoms with Crippen molar-refractivity contribution in [2.24, 2.45) is 7.05 Å². The first-order chi connectivity index (χ1) is 9.63. The largest absolute Gasteiger partial charge is 0.454 e. The summed E-state index contributed by atoms with van der Waals surface area (Å²) in [6.07, 6.45) is 5.19. The maximum atomic E-state index is 12.1. The summed E-state index contributed by atoms with van der Waals surface area (Å²) in [5, 5.41) is 4.23. The van der Waals surface area contributed by atoms with Crippen LogP contribution in [0, 0.1) is 6.92 Å². The maximum Gasteiger partial charge on any atom is 0.231 e. The van der Waals surface area contributed by atoms with Gasteiger partial charge in [0.1, 0.15) is 0 Å². The van der Waals surface area contributed by atoms with Crippen molar-refractivity contribution in [3.8, 4) is 11.5 Å². The first-order valence-electron chi connectivity index (χ1n) is 6.26. The molecule has 1 aromatic heterocycles. The van der Waals surface area contributed by atoms with Gasteiger partial charge in [-0.1, -0.05) is 0 Å². The molecule has 1 aliphatic heterocycles. The van der Waals surface area contributed by atoms with Crippen LogP contribution in [0.25, 0.3) is 6.08 Å². The molecule has 2 heterocycles. The smallest absolute Gasteiger partial charge is 0.231 e. The Bertz CT molecular complexity index is 701. The molecule has 0 atom stereocenters. The molecule has 0 aliphatic carbocycles. The zero-order chi connectivity index (χ0) is 14.1. The van der Waals surface area contributed by atoms with Crippen LogP contribution in [0.1, 0.15) is 21.6 Å². The Balaban J connectivity index is 1.81. The number of ether oxygens (including phenoxy) is 2. The van der Waals surface area contributed by atoms with Crippen molar-refractivity contribution < 1.29 is 14.3 Å². The lowest BCUT2D eigenvalue weighted by Crippen LogP contribution is -1.94. The number of benzene rings is 1. The van der Waals surface area contributed by atoms with Gasteiger partial charge < -0.3 is 9.47 Å². The van der Waals surface area contributed by atoms with Crippen molar-refractivity contribution in [2.75, 3.05) is 6.79 Å². The molecular weight excluding hydrogens is 256 g/mol. The number of allylic oxidation sites excluding steroid dienone is 1. The molecule has 0 spiro atoms. The van der Waals surface area contributed by atoms with Crippen LogP contribution in [0.2, 0.25) is 0 Å². The molecule has 20 heavy (non-hydrogen) atoms. The molecular formula is C15H14N2O3. The van der Waals surface area contributed by atoms with E-state index in [0.29, 0.717) is 17.1 Å². The average molecular weight is 270 g/mol. The average Bonchev–Trinajstić information content (AvgIpc) is 3.01. The number of nitrogens with zero attached hydrogens (tertiary/aromatic N) is 2. The molecule has 0 unspecified atom stereocenters. The van der Waals surface area contributed by atoms with E-state index in [1.54, 1.807) is 35.0 Å². The van der Waals surface area contributed by atoms with Crippen molar-refractivity contribution >= 4 is 11.9 Å². The van der Waals surface area contributed by atoms with Gasteiger partial charge in [-0.3, -0.25) is 9.48 Å². The molecule has 102 valence electrons. The van der Waals surface area contributed by atoms with E-state index in [2.05, 4.69) is 5.10 Å². The van der Waals surface area contributed by atoms with E-state index in [-0.39, 0.29) is 12.6 Å². The minimum atomic E-state index is -0.0773. The number of aromatic nitrogens is 2. The van der Waals surface area contributed by atoms with Crippen molar-refractivity contribution in [3.63, 3.8) is 0 Å². The highest BCUT2D eigenvalue weighted by Crippen LogP contribution is 2.32. The Hall–Kier alpha value is -2.56. The summed E-state index contributed by atoms with van der Waals surface area (Å²) in [5.41, 5.74) is 2.40. The number of rotatable bonds is 3. The fourth-order valence-electron chi connectivity index (χ4n) is 2.09. The second-order valence-corrected chi connectivity index (χ2v) is 4.61. The molecule has 3 rings (SSSR count). The molecule has 0 radical (unpaired) electrons. The van der Waals surface area contributed by atoms with Crippen molar-refractivity contribution in [1.29, 1.82) is 0 Å². The van der Waals surface area contributed by atoms with Crippen molar-refractivity contribution in [1.82, 2.24) is 9.78 Å². The molecule has 0 fully saturated rings. The standard InChI is InChI=1S/C15H14N2O3/c1-10-12(8-17(2)16-10)3-5-13(18)11-4-6-14-15(7-11)20-9-19-14/h3-8H,9H2,1-2H3/b5-3-. The predicted molar refractivity (Wildman–Crippen MR) is 73.9 cm³/mol. The van der Waals surface area contributed by atoms with Crippen molar-refractivity contribution in [2.45, 2.75) is 6.92 Å². The third-order valence-corrected chi connectivity index (χ3v) is 3.12. The summed E-state index contributed by atoms with van der Waals surface area (Å²) < 4.78 is 12.2. The highest BCUT2D eigenvalue weighted by molar-refractivity contribution is 6.07. The minimum Gasteiger partial charge on any atom is -0.454 e. The minimum absolute atomic E-state index is 0.0773. The second-order valence-electron chi connectivity index (χ2n) is 4.61. The molecule has 0 N–H and O–H groups in total. The molecule has 5 heteroatoms. The van der Waals surface area contributed by atoms with E-state index < -0.39 is 0 Å². The van der Waals surface area contributed by atoms with E-state index in [4.69, 9.17) is 9.47 Å². The zero-order valence-electron chi connectivity index (χ0n) is 11.3. The predicted octanol–water partition coefficient (Wildman–Crippen LogP) is 2.35. The number of ketones is 1. The third kappa shape index (κ3) is 2.30. The van der Waals surface area contributed by atoms with E-state index in [9.17, 15) is 4.79 Å². The number of hydrogen-bond acceptors (Lipinski definition) is 4. The maximum absolute atomic E-state index is 12.1. The van der Waals surface area contributed by atoms with Gasteiger partial charge in [0, 0.05) is 24.4 Å². The lowest BCUT2D eigenvalue weighted by atomic mass is 10.1. The van der Waals surface area contributed by atoms with E-state index >= 15 is 0 Å². The molecule has 5 nitrogen and oxygen atoms in total. The van der Waals surface area contributed by atoms with Crippen LogP contribution in [-0.2, 0) is 7.05 Å². The van der Waals surface area contributed by atoms with Gasteiger partial charge in [-0.05, 0) is 37.3 Å². The van der Waals surface area contributed by atoms with Crippen LogP contribution >= 0.6 is 0 Å². The number of hydrogen-bond donors (Lipinski definition) is 0. The molecule has 1 aromatic carbocycles. The van der Waals surface area contributed by atoms with Gasteiger partial charge in [-0.15, -0.1) is 0 Å². The van der Waals surface area contributed by atoms with E-state index in [1.807, 2.05) is 20.2 Å². The molecule has 2 aromatic rings. The Morgan fingerprint density at radius 1 is 1.35 bits per heavy atom. The summed E-state index contributed by atoms with van der Waals surface area (Å²) in [7, 11) is 1.85. The van der Waals surface area contributed by atoms with Crippen LogP contribution < -0.4 is 9.47 Å². The number of fused-ring (bicyclic) bond motifs is 1. The SMILES string of the molecule is Cc1nn(C)cc1/C=C\C(=O)c1ccc2c(c1)OCO2. The molecule has 1 aliphatic rings. The number of aryl methyl sites for hydroxylation is 2. The van der Waals surface area contributed by atoms with Crippen molar-refractivity contribution in [3.05, 3.63) is 47.3 Å². The molecule has 0 saturated carbocycles. The summed E-state index contributed by atoms with van der Waals surface area (Å²) in [6.45, 7) is 2.11. The number of carbonyl (C=O) groups is 1. The highest BCUT2D eigenvalue weighted by Gasteiger charge is 2.15. The lowest BCUT2D eigenvalue weighted by Gasteiger charge is -1.98. The monoisotopic (exact) mass is 270 g/mol. The Morgan fingerprint density at radius 2 is 2.15 bits per heavy atom. The molecule has 0 bridgehead atoms. The summed E-state index contributed by atoms with van der Waals surface area (Å²) in [4.78, 5) is 12.1. The molecule has 0 amide bonds. The fraction of sp³-hybridized carbons (Fsp3) is 0.200. The van der Waals surface area contributed by atoms with Crippen LogP contribution in [0.4, 0.5) is 0 Å². The van der Waals surface area contributed by atoms with Crippen LogP contribution in [0.15, 0.2) is 30.5 Å². The van der Waals surface area contributed by atoms with Crippen LogP contribution in [0.3, 0.4) is 0 Å². The summed E-state index contributed by atoms with van der Waals surface area (Å²) in [6, 6.07) is 5.18. The Kier molecular flexibility index (Phi) is 3.02. The molecule has 0 saturated heterocycles. The first kappa shape index (κ1) is 12.5. The van der Waals surface area contributed by atoms with Crippen LogP contribution in [-0.4, -0.2) is 22.4 Å². The van der Waals surface area contributed by atoms with Gasteiger partial charge in [0.25, 0.3) is 0 Å². The van der Waals surface area contributed by atoms with Crippen LogP contribution in [0.5, 0.6) is 11.5 Å². The topological polar surface area (TPSA) is 53.4 Å². The first-order valence-corrected chi connectivity index (χ1v) is 6.26. The van der Waals surface area contributed by atoms with E-state index in [0.717, 1.165) is 11.3 Å². The third-order valence-electron chi connectivity index (χ3n) is 3.12. The highest BCUT2D eigenvalue weighted by atomic mass is 16.7. The summed E-state index contributed by atoms with van der Waals surface area (Å²) >= 11 is 0. The summed E-state index contributed by atoms with van der Waals surface area (Å²) in [5.74, 6) is 1.21. The van der Waals surface area contributed by atoms with Gasteiger partial charge in [0.2, 0.25) is 6.79 Å². The Labute approximate surface area is 116 Å². The quantitative estimate of drug-likeness (QED) is 0.634. The fourth-order valence-corrected chi connectivity index (χ4v) is 2.09. The van der Waals surface area contributed by atoms with Gasteiger partial charge in [0.05, 0.1) is 5.69 Å². The van der Waals surface area contributed by atoms with Gasteiger partial charge >= 0.3 is 0 Å². The zero-order valence-corrected chi connectivity index (χ0v) is 11.3. The number of carbonyl (C=O) groups excluding carboxylic acids is 1. The van der Waals surface area contributed by atoms with Gasteiger partial charge in [-0.25, -0.2) is 0 Å². The van der Waals surface area contributed by atoms with Gasteiger partial charge in [-0.2, -0.15) is 5.10 Å². The van der Waals surface area contributed by atoms with E-state index in [1.165, 1.54) is 0 Å². The Morgan fingerprint density at radius 3 is 2.90 bits per heavy atom. The lowest BCUT2D eigenvalue weighted by molar-refractivity contribution is 0.104. The second kappa shape index (κ2) is 4.85. The normalized spacial score (nSPS) is 13.1. The van der Waals surface area contributed by atoms with Gasteiger partial charge in [0.15, 0.2) is 17.3 Å².